The molecule has 0 atom stereocenters. The van der Waals surface area contributed by atoms with Crippen molar-refractivity contribution in [3.8, 4) is 0 Å². The van der Waals surface area contributed by atoms with E-state index >= 15 is 0 Å². The van der Waals surface area contributed by atoms with Gasteiger partial charge in [-0.1, -0.05) is 13.3 Å². The largest absolute Gasteiger partial charge is 0.466 e. The fourth-order valence-electron chi connectivity index (χ4n) is 4.09. The van der Waals surface area contributed by atoms with Crippen LogP contribution in [-0.2, 0) is 23.7 Å². The first-order valence-electron chi connectivity index (χ1n) is 12.4. The molecule has 0 radical (unpaired) electrons. The zero-order chi connectivity index (χ0) is 24.6. The van der Waals surface area contributed by atoms with E-state index in [1.165, 1.54) is 0 Å². The third kappa shape index (κ3) is 13.0. The molecule has 4 N–H and O–H groups in total. The summed E-state index contributed by atoms with van der Waals surface area (Å²) in [4.78, 5) is 11.1. The molecule has 3 heterocycles. The average molecular weight is 479 g/mol. The van der Waals surface area contributed by atoms with Gasteiger partial charge in [0, 0.05) is 59.1 Å². The summed E-state index contributed by atoms with van der Waals surface area (Å²) >= 11 is 0. The minimum absolute atomic E-state index is 0.0660. The molecule has 0 saturated carbocycles. The van der Waals surface area contributed by atoms with Gasteiger partial charge >= 0.3 is 5.97 Å². The topological polar surface area (TPSA) is 135 Å². The predicted octanol–water partition coefficient (Wildman–Crippen LogP) is 1.72. The van der Waals surface area contributed by atoms with Crippen LogP contribution in [0.25, 0.3) is 0 Å². The van der Waals surface area contributed by atoms with Crippen molar-refractivity contribution in [2.24, 2.45) is 0 Å². The smallest absolute Gasteiger partial charge is 0.308 e. The molecule has 0 spiro atoms. The molecule has 3 saturated heterocycles. The molecule has 3 rings (SSSR count). The summed E-state index contributed by atoms with van der Waals surface area (Å²) in [6.07, 6.45) is 6.56. The predicted molar refractivity (Wildman–Crippen MR) is 123 cm³/mol. The third-order valence-electron chi connectivity index (χ3n) is 6.34. The maximum atomic E-state index is 11.1. The van der Waals surface area contributed by atoms with Gasteiger partial charge in [0.2, 0.25) is 0 Å². The first-order valence-corrected chi connectivity index (χ1v) is 12.4. The summed E-state index contributed by atoms with van der Waals surface area (Å²) in [5.74, 6) is -0.327. The highest BCUT2D eigenvalue weighted by molar-refractivity contribution is 5.70. The quantitative estimate of drug-likeness (QED) is 0.403. The van der Waals surface area contributed by atoms with E-state index in [9.17, 15) is 20.1 Å². The van der Waals surface area contributed by atoms with Gasteiger partial charge in [0.25, 0.3) is 0 Å². The summed E-state index contributed by atoms with van der Waals surface area (Å²) < 4.78 is 20.1. The lowest BCUT2D eigenvalue weighted by Crippen LogP contribution is -2.38. The van der Waals surface area contributed by atoms with Crippen LogP contribution in [0.5, 0.6) is 0 Å². The second-order valence-electron chi connectivity index (χ2n) is 9.22. The van der Waals surface area contributed by atoms with E-state index in [-0.39, 0.29) is 19.0 Å². The lowest BCUT2D eigenvalue weighted by atomic mass is 9.90. The summed E-state index contributed by atoms with van der Waals surface area (Å²) in [7, 11) is 0. The molecule has 0 aliphatic carbocycles. The van der Waals surface area contributed by atoms with Gasteiger partial charge in [0.15, 0.2) is 0 Å². The number of hydrogen-bond acceptors (Lipinski definition) is 9. The fourth-order valence-corrected chi connectivity index (χ4v) is 4.09. The lowest BCUT2D eigenvalue weighted by Gasteiger charge is -2.31. The summed E-state index contributed by atoms with van der Waals surface area (Å²) in [5.41, 5.74) is -1.94. The fraction of sp³-hybridized carbons (Fsp3) is 0.958. The van der Waals surface area contributed by atoms with Crippen molar-refractivity contribution in [3.05, 3.63) is 0 Å². The Balaban J connectivity index is 0.000000251. The van der Waals surface area contributed by atoms with Crippen LogP contribution in [0.3, 0.4) is 0 Å². The maximum absolute atomic E-state index is 11.1. The molecule has 0 aromatic heterocycles. The molecular weight excluding hydrogens is 432 g/mol. The number of rotatable bonds is 7. The number of hydrogen-bond donors (Lipinski definition) is 4. The highest BCUT2D eigenvalue weighted by atomic mass is 16.5. The third-order valence-corrected chi connectivity index (χ3v) is 6.34. The number of ether oxygens (including phenoxy) is 4. The van der Waals surface area contributed by atoms with Crippen LogP contribution in [0.1, 0.15) is 78.1 Å². The van der Waals surface area contributed by atoms with E-state index in [4.69, 9.17) is 24.1 Å². The molecule has 196 valence electrons. The number of aliphatic hydroxyl groups excluding tert-OH is 1. The van der Waals surface area contributed by atoms with Gasteiger partial charge in [-0.15, -0.1) is 0 Å². The van der Waals surface area contributed by atoms with Gasteiger partial charge in [0.05, 0.1) is 29.8 Å². The number of carbonyl (C=O) groups excluding carboxylic acids is 1. The second-order valence-corrected chi connectivity index (χ2v) is 9.22. The molecule has 0 unspecified atom stereocenters. The normalized spacial score (nSPS) is 23.2. The van der Waals surface area contributed by atoms with Crippen molar-refractivity contribution in [3.63, 3.8) is 0 Å². The first kappa shape index (κ1) is 30.2. The van der Waals surface area contributed by atoms with Crippen LogP contribution in [0, 0.1) is 0 Å². The van der Waals surface area contributed by atoms with Crippen LogP contribution < -0.4 is 0 Å². The SMILES string of the molecule is CCCC1(O)CCOCC1.CCOC(=O)CC1(O)CCOCC1.OCCC1(O)CCOCC1. The molecule has 3 aliphatic rings. The monoisotopic (exact) mass is 478 g/mol. The molecule has 0 bridgehead atoms. The number of aliphatic hydroxyl groups is 4. The Morgan fingerprint density at radius 1 is 0.727 bits per heavy atom. The summed E-state index contributed by atoms with van der Waals surface area (Å²) in [6.45, 7) is 8.05. The molecule has 3 aliphatic heterocycles. The van der Waals surface area contributed by atoms with Gasteiger partial charge in [-0.25, -0.2) is 0 Å². The Hall–Kier alpha value is -0.810. The molecule has 0 aromatic rings. The Labute approximate surface area is 198 Å². The van der Waals surface area contributed by atoms with E-state index in [0.29, 0.717) is 65.1 Å². The second kappa shape index (κ2) is 16.0. The van der Waals surface area contributed by atoms with E-state index in [1.807, 2.05) is 0 Å². The van der Waals surface area contributed by atoms with Crippen molar-refractivity contribution >= 4 is 5.97 Å². The molecule has 0 aromatic carbocycles. The standard InChI is InChI=1S/C9H16O4.C8H16O2.C7H14O3/c1-2-13-8(10)7-9(11)3-5-12-6-4-9;1-2-3-8(9)4-6-10-7-5-8;8-4-1-7(9)2-5-10-6-3-7/h11H,2-7H2,1H3;9H,2-7H2,1H3;8-9H,1-6H2. The van der Waals surface area contributed by atoms with E-state index in [2.05, 4.69) is 6.92 Å². The van der Waals surface area contributed by atoms with E-state index in [1.54, 1.807) is 6.92 Å². The van der Waals surface area contributed by atoms with E-state index in [0.717, 1.165) is 38.9 Å². The van der Waals surface area contributed by atoms with Crippen LogP contribution >= 0.6 is 0 Å². The minimum Gasteiger partial charge on any atom is -0.466 e. The molecular formula is C24H46O9. The maximum Gasteiger partial charge on any atom is 0.308 e. The Kier molecular flexibility index (Phi) is 14.6. The molecule has 0 amide bonds. The Morgan fingerprint density at radius 3 is 1.48 bits per heavy atom. The highest BCUT2D eigenvalue weighted by Crippen LogP contribution is 2.26. The molecule has 9 nitrogen and oxygen atoms in total. The minimum atomic E-state index is -0.898. The summed E-state index contributed by atoms with van der Waals surface area (Å²) in [6, 6.07) is 0. The van der Waals surface area contributed by atoms with Gasteiger partial charge < -0.3 is 39.4 Å². The van der Waals surface area contributed by atoms with Crippen LogP contribution in [-0.4, -0.2) is 96.1 Å². The van der Waals surface area contributed by atoms with Crippen LogP contribution in [0.4, 0.5) is 0 Å². The first-order chi connectivity index (χ1) is 15.7. The van der Waals surface area contributed by atoms with Crippen LogP contribution in [0.2, 0.25) is 0 Å². The number of esters is 1. The van der Waals surface area contributed by atoms with Gasteiger partial charge in [-0.05, 0) is 45.4 Å². The van der Waals surface area contributed by atoms with Gasteiger partial charge in [-0.2, -0.15) is 0 Å². The van der Waals surface area contributed by atoms with Crippen molar-refractivity contribution < 1.29 is 44.2 Å². The highest BCUT2D eigenvalue weighted by Gasteiger charge is 2.33. The zero-order valence-electron chi connectivity index (χ0n) is 20.6. The van der Waals surface area contributed by atoms with Crippen molar-refractivity contribution in [1.29, 1.82) is 0 Å². The number of carbonyl (C=O) groups is 1. The molecule has 9 heteroatoms. The average Bonchev–Trinajstić information content (AvgIpc) is 2.76. The van der Waals surface area contributed by atoms with Crippen LogP contribution in [0.15, 0.2) is 0 Å². The van der Waals surface area contributed by atoms with Gasteiger partial charge in [0.1, 0.15) is 0 Å². The zero-order valence-corrected chi connectivity index (χ0v) is 20.6. The van der Waals surface area contributed by atoms with Crippen molar-refractivity contribution in [2.75, 3.05) is 52.9 Å². The van der Waals surface area contributed by atoms with E-state index < -0.39 is 16.8 Å². The summed E-state index contributed by atoms with van der Waals surface area (Å²) in [5, 5.41) is 37.9. The molecule has 3 fully saturated rings. The van der Waals surface area contributed by atoms with Gasteiger partial charge in [-0.3, -0.25) is 4.79 Å². The van der Waals surface area contributed by atoms with Crippen molar-refractivity contribution in [1.82, 2.24) is 0 Å². The Morgan fingerprint density at radius 2 is 1.12 bits per heavy atom. The lowest BCUT2D eigenvalue weighted by molar-refractivity contribution is -0.152. The Bertz CT molecular complexity index is 471. The van der Waals surface area contributed by atoms with Crippen molar-refractivity contribution in [2.45, 2.75) is 94.9 Å². The molecule has 33 heavy (non-hydrogen) atoms.